The number of alkyl halides is 7. The minimum atomic E-state index is -4.80. The number of nitrogens with one attached hydrogen (secondary N) is 1. The quantitative estimate of drug-likeness (QED) is 0.559. The topological polar surface area (TPSA) is 81.1 Å². The van der Waals surface area contributed by atoms with Gasteiger partial charge in [-0.3, -0.25) is 9.48 Å². The summed E-state index contributed by atoms with van der Waals surface area (Å²) in [6, 6.07) is 3.47. The molecule has 1 saturated carbocycles. The van der Waals surface area contributed by atoms with Crippen LogP contribution in [0.15, 0.2) is 35.2 Å². The van der Waals surface area contributed by atoms with Crippen LogP contribution in [0.25, 0.3) is 0 Å². The normalized spacial score (nSPS) is 23.8. The number of carbonyl (C=O) groups excluding carboxylic acids is 1. The van der Waals surface area contributed by atoms with Crippen LogP contribution in [0.1, 0.15) is 54.4 Å². The lowest BCUT2D eigenvalue weighted by atomic mass is 9.75. The van der Waals surface area contributed by atoms with Crippen molar-refractivity contribution in [1.82, 2.24) is 15.1 Å². The number of rotatable bonds is 5. The molecule has 1 fully saturated rings. The number of hydrogen-bond acceptors (Lipinski definition) is 4. The molecule has 0 saturated heterocycles. The summed E-state index contributed by atoms with van der Waals surface area (Å²) in [6.45, 7) is 1.56. The van der Waals surface area contributed by atoms with Crippen molar-refractivity contribution in [3.63, 3.8) is 0 Å². The van der Waals surface area contributed by atoms with Gasteiger partial charge in [-0.1, -0.05) is 13.0 Å². The Bertz CT molecular complexity index is 1210. The number of carbonyl (C=O) groups is 1. The molecule has 2 aromatic rings. The van der Waals surface area contributed by atoms with Gasteiger partial charge in [0.2, 0.25) is 14.8 Å². The van der Waals surface area contributed by atoms with Gasteiger partial charge in [0, 0.05) is 19.7 Å². The molecule has 0 radical (unpaired) electrons. The smallest absolute Gasteiger partial charge is 0.350 e. The Morgan fingerprint density at radius 2 is 1.66 bits per heavy atom. The van der Waals surface area contributed by atoms with Crippen LogP contribution < -0.4 is 5.32 Å². The van der Waals surface area contributed by atoms with Crippen LogP contribution in [-0.2, 0) is 29.2 Å². The zero-order valence-electron chi connectivity index (χ0n) is 18.6. The lowest BCUT2D eigenvalue weighted by molar-refractivity contribution is -0.141. The zero-order valence-corrected chi connectivity index (χ0v) is 19.4. The summed E-state index contributed by atoms with van der Waals surface area (Å²) in [4.78, 5) is 11.6. The number of amides is 1. The maximum atomic E-state index is 15.6. The van der Waals surface area contributed by atoms with E-state index < -0.39 is 67.5 Å². The van der Waals surface area contributed by atoms with Crippen LogP contribution in [0, 0.1) is 5.41 Å². The van der Waals surface area contributed by atoms with Crippen LogP contribution in [0.3, 0.4) is 0 Å². The van der Waals surface area contributed by atoms with E-state index in [4.69, 9.17) is 0 Å². The maximum Gasteiger partial charge on any atom is 0.435 e. The van der Waals surface area contributed by atoms with Crippen molar-refractivity contribution < 1.29 is 43.9 Å². The Morgan fingerprint density at radius 1 is 1.06 bits per heavy atom. The van der Waals surface area contributed by atoms with Crippen LogP contribution in [0.2, 0.25) is 0 Å². The highest BCUT2D eigenvalue weighted by molar-refractivity contribution is 7.92. The van der Waals surface area contributed by atoms with Crippen LogP contribution in [0.4, 0.5) is 30.7 Å². The van der Waals surface area contributed by atoms with E-state index in [2.05, 4.69) is 10.4 Å². The Balaban J connectivity index is 1.69. The van der Waals surface area contributed by atoms with E-state index in [1.54, 1.807) is 6.92 Å². The van der Waals surface area contributed by atoms with Gasteiger partial charge in [0.05, 0.1) is 10.5 Å². The van der Waals surface area contributed by atoms with Crippen molar-refractivity contribution in [3.8, 4) is 0 Å². The van der Waals surface area contributed by atoms with Gasteiger partial charge in [-0.05, 0) is 49.3 Å². The lowest BCUT2D eigenvalue weighted by Gasteiger charge is -2.40. The Kier molecular flexibility index (Phi) is 6.77. The van der Waals surface area contributed by atoms with E-state index in [1.807, 2.05) is 0 Å². The Morgan fingerprint density at radius 3 is 2.17 bits per heavy atom. The van der Waals surface area contributed by atoms with E-state index in [-0.39, 0.29) is 25.1 Å². The van der Waals surface area contributed by atoms with Gasteiger partial charge in [0.1, 0.15) is 5.69 Å². The molecular formula is C21H22F7N3O3S. The van der Waals surface area contributed by atoms with E-state index in [0.29, 0.717) is 18.2 Å². The second-order valence-electron chi connectivity index (χ2n) is 8.94. The molecule has 0 spiro atoms. The van der Waals surface area contributed by atoms with E-state index in [9.17, 15) is 39.6 Å². The summed E-state index contributed by atoms with van der Waals surface area (Å²) >= 11 is 0. The first-order chi connectivity index (χ1) is 15.9. The summed E-state index contributed by atoms with van der Waals surface area (Å²) in [5, 5.41) is 2.93. The minimum Gasteiger partial charge on any atom is -0.350 e. The molecule has 0 aliphatic heterocycles. The SMILES string of the molecule is Cn1nc(C(F)(F)F)cc1C(=O)NCC1(C)CCC(F)(S(=O)(=O)c2cccc(C(F)(F)F)c2)CC1. The molecule has 0 bridgehead atoms. The molecule has 1 aliphatic rings. The van der Waals surface area contributed by atoms with Gasteiger partial charge in [-0.2, -0.15) is 31.4 Å². The molecule has 3 rings (SSSR count). The largest absolute Gasteiger partial charge is 0.435 e. The number of halogens is 7. The number of benzene rings is 1. The third-order valence-corrected chi connectivity index (χ3v) is 8.48. The van der Waals surface area contributed by atoms with Gasteiger partial charge >= 0.3 is 12.4 Å². The van der Waals surface area contributed by atoms with Crippen molar-refractivity contribution in [1.29, 1.82) is 0 Å². The Labute approximate surface area is 196 Å². The molecule has 14 heteroatoms. The molecule has 1 heterocycles. The number of hydrogen-bond donors (Lipinski definition) is 1. The fraction of sp³-hybridized carbons (Fsp3) is 0.524. The molecular weight excluding hydrogens is 507 g/mol. The van der Waals surface area contributed by atoms with Crippen molar-refractivity contribution >= 4 is 15.7 Å². The third kappa shape index (κ3) is 5.46. The number of aromatic nitrogens is 2. The van der Waals surface area contributed by atoms with Gasteiger partial charge in [0.15, 0.2) is 5.69 Å². The molecule has 1 amide bonds. The highest BCUT2D eigenvalue weighted by Gasteiger charge is 2.50. The molecule has 35 heavy (non-hydrogen) atoms. The monoisotopic (exact) mass is 529 g/mol. The first kappa shape index (κ1) is 27.0. The van der Waals surface area contributed by atoms with Crippen molar-refractivity contribution in [2.24, 2.45) is 12.5 Å². The van der Waals surface area contributed by atoms with E-state index >= 15 is 4.39 Å². The van der Waals surface area contributed by atoms with Crippen molar-refractivity contribution in [3.05, 3.63) is 47.3 Å². The van der Waals surface area contributed by atoms with Gasteiger partial charge in [-0.25, -0.2) is 12.8 Å². The second kappa shape index (κ2) is 8.79. The van der Waals surface area contributed by atoms with Crippen LogP contribution >= 0.6 is 0 Å². The molecule has 1 N–H and O–H groups in total. The zero-order chi connectivity index (χ0) is 26.4. The van der Waals surface area contributed by atoms with Crippen LogP contribution in [0.5, 0.6) is 0 Å². The highest BCUT2D eigenvalue weighted by atomic mass is 32.2. The third-order valence-electron chi connectivity index (χ3n) is 6.24. The summed E-state index contributed by atoms with van der Waals surface area (Å²) in [7, 11) is -3.59. The molecule has 194 valence electrons. The van der Waals surface area contributed by atoms with Gasteiger partial charge in [-0.15, -0.1) is 0 Å². The number of sulfone groups is 1. The molecule has 6 nitrogen and oxygen atoms in total. The summed E-state index contributed by atoms with van der Waals surface area (Å²) in [5.41, 5.74) is -3.59. The average Bonchev–Trinajstić information content (AvgIpc) is 3.16. The minimum absolute atomic E-state index is 0.0405. The fourth-order valence-corrected chi connectivity index (χ4v) is 5.63. The second-order valence-corrected chi connectivity index (χ2v) is 11.2. The number of nitrogens with zero attached hydrogens (tertiary/aromatic N) is 2. The summed E-state index contributed by atoms with van der Waals surface area (Å²) in [5.74, 6) is -0.842. The molecule has 1 aromatic heterocycles. The first-order valence-electron chi connectivity index (χ1n) is 10.4. The van der Waals surface area contributed by atoms with Gasteiger partial charge < -0.3 is 5.32 Å². The standard InChI is InChI=1S/C21H22F7N3O3S/c1-18(12-29-17(32)15-11-16(21(26,27)28)30-31(15)2)6-8-19(22,9-7-18)35(33,34)14-5-3-4-13(10-14)20(23,24)25/h3-5,10-11H,6-9,12H2,1-2H3,(H,29,32). The first-order valence-corrected chi connectivity index (χ1v) is 11.9. The van der Waals surface area contributed by atoms with Crippen molar-refractivity contribution in [2.45, 2.75) is 54.9 Å². The summed E-state index contributed by atoms with van der Waals surface area (Å²) < 4.78 is 119. The fourth-order valence-electron chi connectivity index (χ4n) is 3.93. The van der Waals surface area contributed by atoms with Gasteiger partial charge in [0.25, 0.3) is 5.91 Å². The van der Waals surface area contributed by atoms with Crippen LogP contribution in [-0.4, -0.2) is 35.7 Å². The lowest BCUT2D eigenvalue weighted by Crippen LogP contribution is -2.45. The molecule has 0 unspecified atom stereocenters. The summed E-state index contributed by atoms with van der Waals surface area (Å²) in [6.07, 6.45) is -10.7. The number of aryl methyl sites for hydroxylation is 1. The molecule has 1 aromatic carbocycles. The highest BCUT2D eigenvalue weighted by Crippen LogP contribution is 2.47. The molecule has 1 aliphatic carbocycles. The Hall–Kier alpha value is -2.64. The average molecular weight is 529 g/mol. The predicted molar refractivity (Wildman–Crippen MR) is 110 cm³/mol. The predicted octanol–water partition coefficient (Wildman–Crippen LogP) is 4.91. The van der Waals surface area contributed by atoms with Crippen molar-refractivity contribution in [2.75, 3.05) is 6.54 Å². The van der Waals surface area contributed by atoms with E-state index in [1.165, 1.54) is 7.05 Å². The van der Waals surface area contributed by atoms with E-state index in [0.717, 1.165) is 16.8 Å². The maximum absolute atomic E-state index is 15.6. The molecule has 0 atom stereocenters.